The van der Waals surface area contributed by atoms with Crippen LogP contribution in [0.3, 0.4) is 0 Å². The second kappa shape index (κ2) is 5.06. The molecule has 2 atom stereocenters. The van der Waals surface area contributed by atoms with Gasteiger partial charge in [-0.05, 0) is 37.5 Å². The van der Waals surface area contributed by atoms with E-state index in [0.717, 1.165) is 5.56 Å². The minimum absolute atomic E-state index is 0.300. The number of fused-ring (bicyclic) bond motifs is 2. The fourth-order valence-corrected chi connectivity index (χ4v) is 3.68. The van der Waals surface area contributed by atoms with Crippen molar-refractivity contribution in [1.82, 2.24) is 5.43 Å². The Balaban J connectivity index is 1.76. The zero-order chi connectivity index (χ0) is 16.9. The van der Waals surface area contributed by atoms with Crippen molar-refractivity contribution in [2.75, 3.05) is 0 Å². The monoisotopic (exact) mass is 334 g/mol. The van der Waals surface area contributed by atoms with E-state index in [4.69, 9.17) is 16.3 Å². The number of carbonyl (C=O) groups excluding carboxylic acids is 2. The number of hydrogen-bond acceptors (Lipinski definition) is 4. The molecule has 1 saturated heterocycles. The van der Waals surface area contributed by atoms with Crippen molar-refractivity contribution >= 4 is 29.7 Å². The maximum atomic E-state index is 12.6. The van der Waals surface area contributed by atoms with Crippen LogP contribution in [0.5, 0.6) is 0 Å². The van der Waals surface area contributed by atoms with Crippen LogP contribution in [-0.2, 0) is 14.3 Å². The Bertz CT molecular complexity index is 698. The molecule has 1 aromatic carbocycles. The average molecular weight is 335 g/mol. The first kappa shape index (κ1) is 16.0. The van der Waals surface area contributed by atoms with Crippen LogP contribution in [0.2, 0.25) is 5.02 Å². The highest BCUT2D eigenvalue weighted by molar-refractivity contribution is 6.30. The summed E-state index contributed by atoms with van der Waals surface area (Å²) < 4.78 is 5.50. The molecule has 1 aliphatic heterocycles. The van der Waals surface area contributed by atoms with Crippen LogP contribution in [0.15, 0.2) is 29.4 Å². The van der Waals surface area contributed by atoms with Crippen LogP contribution < -0.4 is 5.43 Å². The highest BCUT2D eigenvalue weighted by Gasteiger charge is 2.75. The lowest BCUT2D eigenvalue weighted by Gasteiger charge is -2.34. The number of nitrogens with zero attached hydrogens (tertiary/aromatic N) is 1. The number of hydrazone groups is 1. The molecule has 6 heteroatoms. The third kappa shape index (κ3) is 2.10. The van der Waals surface area contributed by atoms with Gasteiger partial charge in [-0.2, -0.15) is 5.10 Å². The van der Waals surface area contributed by atoms with Crippen LogP contribution in [0.25, 0.3) is 0 Å². The Labute approximate surface area is 140 Å². The number of benzene rings is 1. The number of esters is 1. The third-order valence-corrected chi connectivity index (χ3v) is 5.95. The maximum absolute atomic E-state index is 12.6. The molecule has 2 aliphatic rings. The highest BCUT2D eigenvalue weighted by atomic mass is 35.5. The van der Waals surface area contributed by atoms with E-state index >= 15 is 0 Å². The number of nitrogens with one attached hydrogen (secondary N) is 1. The molecule has 2 unspecified atom stereocenters. The number of hydrogen-bond donors (Lipinski definition) is 1. The van der Waals surface area contributed by atoms with Crippen molar-refractivity contribution in [2.45, 2.75) is 39.2 Å². The van der Waals surface area contributed by atoms with E-state index in [1.807, 2.05) is 20.8 Å². The van der Waals surface area contributed by atoms with E-state index in [2.05, 4.69) is 10.5 Å². The number of ether oxygens (including phenoxy) is 1. The maximum Gasteiger partial charge on any atom is 0.313 e. The van der Waals surface area contributed by atoms with E-state index in [1.54, 1.807) is 24.3 Å². The average Bonchev–Trinajstić information content (AvgIpc) is 2.79. The Morgan fingerprint density at radius 2 is 1.91 bits per heavy atom. The lowest BCUT2D eigenvalue weighted by Crippen LogP contribution is -2.52. The van der Waals surface area contributed by atoms with Gasteiger partial charge in [-0.25, -0.2) is 5.43 Å². The van der Waals surface area contributed by atoms with Crippen LogP contribution >= 0.6 is 11.6 Å². The molecule has 0 aromatic heterocycles. The molecule has 0 spiro atoms. The molecule has 1 heterocycles. The first-order valence-electron chi connectivity index (χ1n) is 7.55. The molecule has 1 aromatic rings. The Kier molecular flexibility index (Phi) is 3.52. The fourth-order valence-electron chi connectivity index (χ4n) is 3.55. The third-order valence-electron chi connectivity index (χ3n) is 5.70. The molecule has 23 heavy (non-hydrogen) atoms. The van der Waals surface area contributed by atoms with Crippen molar-refractivity contribution in [2.24, 2.45) is 15.9 Å². The van der Waals surface area contributed by atoms with Crippen LogP contribution in [0.1, 0.15) is 39.2 Å². The summed E-state index contributed by atoms with van der Waals surface area (Å²) in [5, 5.41) is 4.62. The molecule has 1 N–H and O–H groups in total. The SMILES string of the molecule is CC12CCC(C(=O)N/N=C/c3ccc(Cl)cc3)(OC1=O)C2(C)C. The van der Waals surface area contributed by atoms with Gasteiger partial charge in [0.2, 0.25) is 0 Å². The number of halogens is 1. The van der Waals surface area contributed by atoms with Crippen molar-refractivity contribution in [1.29, 1.82) is 0 Å². The molecule has 1 saturated carbocycles. The quantitative estimate of drug-likeness (QED) is 0.525. The molecule has 0 radical (unpaired) electrons. The molecule has 5 nitrogen and oxygen atoms in total. The zero-order valence-electron chi connectivity index (χ0n) is 13.4. The molecular weight excluding hydrogens is 316 g/mol. The summed E-state index contributed by atoms with van der Waals surface area (Å²) in [6.45, 7) is 5.69. The lowest BCUT2D eigenvalue weighted by molar-refractivity contribution is -0.168. The molecule has 122 valence electrons. The van der Waals surface area contributed by atoms with Gasteiger partial charge in [-0.3, -0.25) is 9.59 Å². The Morgan fingerprint density at radius 1 is 1.26 bits per heavy atom. The van der Waals surface area contributed by atoms with Gasteiger partial charge < -0.3 is 4.74 Å². The van der Waals surface area contributed by atoms with Crippen LogP contribution in [0.4, 0.5) is 0 Å². The first-order valence-corrected chi connectivity index (χ1v) is 7.93. The predicted octanol–water partition coefficient (Wildman–Crippen LogP) is 2.91. The van der Waals surface area contributed by atoms with Crippen LogP contribution in [-0.4, -0.2) is 23.7 Å². The predicted molar refractivity (Wildman–Crippen MR) is 87.1 cm³/mol. The zero-order valence-corrected chi connectivity index (χ0v) is 14.1. The minimum atomic E-state index is -1.14. The Morgan fingerprint density at radius 3 is 2.43 bits per heavy atom. The van der Waals surface area contributed by atoms with Gasteiger partial charge in [0.25, 0.3) is 5.91 Å². The summed E-state index contributed by atoms with van der Waals surface area (Å²) in [5.74, 6) is -0.673. The molecule has 1 aliphatic carbocycles. The topological polar surface area (TPSA) is 67.8 Å². The summed E-state index contributed by atoms with van der Waals surface area (Å²) in [4.78, 5) is 24.8. The lowest BCUT2D eigenvalue weighted by atomic mass is 9.66. The molecule has 3 rings (SSSR count). The number of amides is 1. The van der Waals surface area contributed by atoms with Gasteiger partial charge >= 0.3 is 5.97 Å². The van der Waals surface area contributed by atoms with E-state index in [1.165, 1.54) is 6.21 Å². The van der Waals surface area contributed by atoms with Crippen molar-refractivity contribution in [3.63, 3.8) is 0 Å². The first-order chi connectivity index (χ1) is 10.7. The van der Waals surface area contributed by atoms with E-state index < -0.39 is 16.4 Å². The summed E-state index contributed by atoms with van der Waals surface area (Å²) in [7, 11) is 0. The van der Waals surface area contributed by atoms with E-state index in [9.17, 15) is 9.59 Å². The van der Waals surface area contributed by atoms with Gasteiger partial charge in [0.1, 0.15) is 0 Å². The number of rotatable bonds is 3. The van der Waals surface area contributed by atoms with Gasteiger partial charge in [0.05, 0.1) is 11.6 Å². The van der Waals surface area contributed by atoms with Gasteiger partial charge in [-0.15, -0.1) is 0 Å². The van der Waals surface area contributed by atoms with Gasteiger partial charge in [-0.1, -0.05) is 37.6 Å². The molecule has 2 bridgehead atoms. The Hall–Kier alpha value is -1.88. The normalized spacial score (nSPS) is 31.4. The van der Waals surface area contributed by atoms with E-state index in [-0.39, 0.29) is 11.9 Å². The van der Waals surface area contributed by atoms with E-state index in [0.29, 0.717) is 17.9 Å². The molecule has 1 amide bonds. The van der Waals surface area contributed by atoms with Crippen molar-refractivity contribution < 1.29 is 14.3 Å². The van der Waals surface area contributed by atoms with Crippen LogP contribution in [0, 0.1) is 10.8 Å². The number of carbonyl (C=O) groups is 2. The van der Waals surface area contributed by atoms with Gasteiger partial charge in [0.15, 0.2) is 5.60 Å². The summed E-state index contributed by atoms with van der Waals surface area (Å²) in [5.41, 5.74) is 0.995. The summed E-state index contributed by atoms with van der Waals surface area (Å²) >= 11 is 5.82. The highest BCUT2D eigenvalue weighted by Crippen LogP contribution is 2.65. The standard InChI is InChI=1S/C17H19ClN2O3/c1-15(2)16(3)8-9-17(15,23-14(16)22)13(21)20-19-10-11-4-6-12(18)7-5-11/h4-7,10H,8-9H2,1-3H3,(H,20,21)/b19-10+. The van der Waals surface area contributed by atoms with Crippen molar-refractivity contribution in [3.8, 4) is 0 Å². The fraction of sp³-hybridized carbons (Fsp3) is 0.471. The largest absolute Gasteiger partial charge is 0.448 e. The second-order valence-electron chi connectivity index (χ2n) is 6.92. The molecule has 2 fully saturated rings. The van der Waals surface area contributed by atoms with Crippen molar-refractivity contribution in [3.05, 3.63) is 34.9 Å². The minimum Gasteiger partial charge on any atom is -0.448 e. The summed E-state index contributed by atoms with van der Waals surface area (Å²) in [6, 6.07) is 7.08. The second-order valence-corrected chi connectivity index (χ2v) is 7.36. The van der Waals surface area contributed by atoms with Gasteiger partial charge in [0, 0.05) is 10.4 Å². The summed E-state index contributed by atoms with van der Waals surface area (Å²) in [6.07, 6.45) is 2.69. The smallest absolute Gasteiger partial charge is 0.313 e. The molecular formula is C17H19ClN2O3.